The first-order chi connectivity index (χ1) is 19.8. The van der Waals surface area contributed by atoms with Crippen LogP contribution in [-0.2, 0) is 30.9 Å². The summed E-state index contributed by atoms with van der Waals surface area (Å²) in [4.78, 5) is 42.5. The summed E-state index contributed by atoms with van der Waals surface area (Å²) < 4.78 is 33.0. The average Bonchev–Trinajstić information content (AvgIpc) is 3.50. The number of hydrogen-bond donors (Lipinski definition) is 2. The molecule has 42 heavy (non-hydrogen) atoms. The van der Waals surface area contributed by atoms with E-state index in [9.17, 15) is 22.8 Å². The minimum Gasteiger partial charge on any atom is -0.467 e. The Bertz CT molecular complexity index is 1250. The van der Waals surface area contributed by atoms with Gasteiger partial charge in [0.15, 0.2) is 0 Å². The van der Waals surface area contributed by atoms with Crippen molar-refractivity contribution in [1.29, 1.82) is 0 Å². The summed E-state index contributed by atoms with van der Waals surface area (Å²) in [6.07, 6.45) is 5.37. The van der Waals surface area contributed by atoms with Gasteiger partial charge in [-0.05, 0) is 54.1 Å². The number of sulfonamides is 1. The van der Waals surface area contributed by atoms with Gasteiger partial charge in [0.25, 0.3) is 0 Å². The fourth-order valence-corrected chi connectivity index (χ4v) is 8.40. The van der Waals surface area contributed by atoms with Gasteiger partial charge in [-0.3, -0.25) is 4.79 Å². The van der Waals surface area contributed by atoms with Crippen molar-refractivity contribution in [3.8, 4) is 0 Å². The highest BCUT2D eigenvalue weighted by Crippen LogP contribution is 2.35. The molecule has 1 aromatic carbocycles. The molecule has 0 spiro atoms. The van der Waals surface area contributed by atoms with Crippen molar-refractivity contribution in [3.63, 3.8) is 0 Å². The molecule has 0 unspecified atom stereocenters. The number of carbonyl (C=O) groups is 3. The number of nitrogens with one attached hydrogen (secondary N) is 2. The van der Waals surface area contributed by atoms with E-state index in [1.54, 1.807) is 17.0 Å². The molecule has 3 aliphatic rings. The minimum atomic E-state index is -3.67. The van der Waals surface area contributed by atoms with Gasteiger partial charge in [-0.25, -0.2) is 18.0 Å². The molecule has 2 fully saturated rings. The van der Waals surface area contributed by atoms with Crippen molar-refractivity contribution in [2.24, 2.45) is 23.2 Å². The Morgan fingerprint density at radius 1 is 1.02 bits per heavy atom. The van der Waals surface area contributed by atoms with E-state index < -0.39 is 45.6 Å². The first-order valence-electron chi connectivity index (χ1n) is 15.3. The van der Waals surface area contributed by atoms with E-state index >= 15 is 0 Å². The predicted octanol–water partition coefficient (Wildman–Crippen LogP) is 3.90. The Morgan fingerprint density at radius 2 is 1.69 bits per heavy atom. The summed E-state index contributed by atoms with van der Waals surface area (Å²) >= 11 is 0. The summed E-state index contributed by atoms with van der Waals surface area (Å²) in [5.74, 6) is -0.543. The zero-order valence-corrected chi connectivity index (χ0v) is 26.7. The molecule has 1 saturated carbocycles. The van der Waals surface area contributed by atoms with E-state index in [0.29, 0.717) is 17.9 Å². The van der Waals surface area contributed by atoms with Crippen molar-refractivity contribution in [2.75, 3.05) is 20.2 Å². The van der Waals surface area contributed by atoms with Gasteiger partial charge in [0, 0.05) is 25.7 Å². The van der Waals surface area contributed by atoms with Crippen LogP contribution in [0.25, 0.3) is 0 Å². The molecule has 2 aliphatic heterocycles. The van der Waals surface area contributed by atoms with Crippen molar-refractivity contribution in [1.82, 2.24) is 19.8 Å². The van der Waals surface area contributed by atoms with Crippen LogP contribution in [-0.4, -0.2) is 73.9 Å². The van der Waals surface area contributed by atoms with Crippen LogP contribution in [0.3, 0.4) is 0 Å². The first-order valence-corrected chi connectivity index (χ1v) is 16.7. The fourth-order valence-electron chi connectivity index (χ4n) is 6.76. The molecule has 10 nitrogen and oxygen atoms in total. The number of benzene rings is 1. The normalized spacial score (nSPS) is 24.2. The number of hydrogen-bond acceptors (Lipinski definition) is 6. The second-order valence-electron chi connectivity index (χ2n) is 13.5. The maximum atomic E-state index is 14.1. The van der Waals surface area contributed by atoms with Crippen LogP contribution >= 0.6 is 0 Å². The zero-order chi connectivity index (χ0) is 30.8. The molecular formula is C31H48N4O6S. The molecule has 0 aromatic heterocycles. The lowest BCUT2D eigenvalue weighted by molar-refractivity contribution is -0.154. The SMILES string of the molecule is COC(=O)[C@@H]1[C@@H](C(C)C)CCN1C(=O)[C@@H](NC(=O)N[C@H](CN1Cc2ccccc2S1(=O)=O)C(C)(C)C)C1CCCCC1. The highest BCUT2D eigenvalue weighted by atomic mass is 32.2. The zero-order valence-electron chi connectivity index (χ0n) is 25.9. The van der Waals surface area contributed by atoms with Gasteiger partial charge >= 0.3 is 12.0 Å². The lowest BCUT2D eigenvalue weighted by atomic mass is 9.83. The average molecular weight is 605 g/mol. The third kappa shape index (κ3) is 6.77. The van der Waals surface area contributed by atoms with Crippen LogP contribution in [0.15, 0.2) is 29.2 Å². The molecule has 2 heterocycles. The number of carbonyl (C=O) groups excluding carboxylic acids is 3. The number of likely N-dealkylation sites (tertiary alicyclic amines) is 1. The van der Waals surface area contributed by atoms with E-state index in [4.69, 9.17) is 4.74 Å². The molecule has 4 rings (SSSR count). The van der Waals surface area contributed by atoms with Crippen LogP contribution in [0.4, 0.5) is 4.79 Å². The molecule has 0 bridgehead atoms. The number of esters is 1. The molecule has 2 N–H and O–H groups in total. The van der Waals surface area contributed by atoms with Crippen molar-refractivity contribution in [2.45, 2.75) is 103 Å². The smallest absolute Gasteiger partial charge is 0.328 e. The molecule has 234 valence electrons. The Balaban J connectivity index is 1.53. The summed E-state index contributed by atoms with van der Waals surface area (Å²) in [7, 11) is -2.33. The largest absolute Gasteiger partial charge is 0.467 e. The Morgan fingerprint density at radius 3 is 2.29 bits per heavy atom. The third-order valence-electron chi connectivity index (χ3n) is 9.37. The standard InChI is InChI=1S/C31H48N4O6S/c1-20(2)23-16-17-35(27(23)29(37)41-6)28(36)26(21-12-8-7-9-13-21)33-30(38)32-25(31(3,4)5)19-34-18-22-14-10-11-15-24(22)42(34,39)40/h10-11,14-15,20-21,23,25-27H,7-9,12-13,16-19H2,1-6H3,(H2,32,33,38)/t23-,25-,26+,27+/m1/s1. The van der Waals surface area contributed by atoms with Crippen LogP contribution in [0.1, 0.15) is 78.7 Å². The quantitative estimate of drug-likeness (QED) is 0.434. The summed E-state index contributed by atoms with van der Waals surface area (Å²) in [6, 6.07) is 4.45. The van der Waals surface area contributed by atoms with E-state index in [-0.39, 0.29) is 36.8 Å². The van der Waals surface area contributed by atoms with E-state index in [1.807, 2.05) is 46.8 Å². The van der Waals surface area contributed by atoms with E-state index in [0.717, 1.165) is 37.7 Å². The van der Waals surface area contributed by atoms with Gasteiger partial charge in [-0.2, -0.15) is 4.31 Å². The molecule has 1 aromatic rings. The Kier molecular flexibility index (Phi) is 9.92. The molecule has 11 heteroatoms. The van der Waals surface area contributed by atoms with Crippen molar-refractivity contribution in [3.05, 3.63) is 29.8 Å². The number of urea groups is 1. The first kappa shape index (κ1) is 32.3. The number of ether oxygens (including phenoxy) is 1. The monoisotopic (exact) mass is 604 g/mol. The second-order valence-corrected chi connectivity index (χ2v) is 15.4. The fraction of sp³-hybridized carbons (Fsp3) is 0.710. The van der Waals surface area contributed by atoms with Crippen LogP contribution in [0.2, 0.25) is 0 Å². The second kappa shape index (κ2) is 12.9. The molecule has 3 amide bonds. The van der Waals surface area contributed by atoms with Crippen molar-refractivity contribution >= 4 is 27.9 Å². The Hall–Kier alpha value is -2.66. The number of methoxy groups -OCH3 is 1. The van der Waals surface area contributed by atoms with Crippen LogP contribution < -0.4 is 10.6 Å². The molecule has 0 radical (unpaired) electrons. The number of amides is 3. The van der Waals surface area contributed by atoms with Gasteiger partial charge in [-0.1, -0.05) is 72.1 Å². The highest BCUT2D eigenvalue weighted by Gasteiger charge is 2.47. The van der Waals surface area contributed by atoms with Crippen molar-refractivity contribution < 1.29 is 27.5 Å². The van der Waals surface area contributed by atoms with E-state index in [2.05, 4.69) is 10.6 Å². The topological polar surface area (TPSA) is 125 Å². The Labute approximate surface area is 251 Å². The lowest BCUT2D eigenvalue weighted by Gasteiger charge is -2.37. The van der Waals surface area contributed by atoms with Gasteiger partial charge in [0.05, 0.1) is 12.0 Å². The van der Waals surface area contributed by atoms with Crippen LogP contribution in [0, 0.1) is 23.2 Å². The highest BCUT2D eigenvalue weighted by molar-refractivity contribution is 7.89. The summed E-state index contributed by atoms with van der Waals surface area (Å²) in [5.41, 5.74) is 0.268. The van der Waals surface area contributed by atoms with E-state index in [1.165, 1.54) is 11.4 Å². The molecule has 1 saturated heterocycles. The predicted molar refractivity (Wildman–Crippen MR) is 160 cm³/mol. The van der Waals surface area contributed by atoms with Gasteiger partial charge < -0.3 is 20.3 Å². The molecule has 1 aliphatic carbocycles. The van der Waals surface area contributed by atoms with Gasteiger partial charge in [0.1, 0.15) is 12.1 Å². The molecule has 4 atom stereocenters. The molecular weight excluding hydrogens is 556 g/mol. The third-order valence-corrected chi connectivity index (χ3v) is 11.3. The minimum absolute atomic E-state index is 0.0148. The maximum Gasteiger partial charge on any atom is 0.328 e. The van der Waals surface area contributed by atoms with Gasteiger partial charge in [0.2, 0.25) is 15.9 Å². The summed E-state index contributed by atoms with van der Waals surface area (Å²) in [6.45, 7) is 10.7. The van der Waals surface area contributed by atoms with Gasteiger partial charge in [-0.15, -0.1) is 0 Å². The maximum absolute atomic E-state index is 14.1. The lowest BCUT2D eigenvalue weighted by Crippen LogP contribution is -2.60. The number of nitrogens with zero attached hydrogens (tertiary/aromatic N) is 2. The number of fused-ring (bicyclic) bond motifs is 1. The summed E-state index contributed by atoms with van der Waals surface area (Å²) in [5, 5.41) is 6.01. The van der Waals surface area contributed by atoms with Crippen LogP contribution in [0.5, 0.6) is 0 Å². The number of rotatable bonds is 8.